The number of carbonyl (C=O) groups is 1. The van der Waals surface area contributed by atoms with Crippen molar-refractivity contribution in [3.63, 3.8) is 0 Å². The highest BCUT2D eigenvalue weighted by atomic mass is 19.1. The molecule has 1 N–H and O–H groups in total. The highest BCUT2D eigenvalue weighted by Crippen LogP contribution is 2.14. The summed E-state index contributed by atoms with van der Waals surface area (Å²) in [5, 5.41) is 2.62. The van der Waals surface area contributed by atoms with Gasteiger partial charge in [-0.05, 0) is 12.1 Å². The zero-order valence-corrected chi connectivity index (χ0v) is 13.1. The monoisotopic (exact) mass is 317 g/mol. The minimum atomic E-state index is -0.416. The van der Waals surface area contributed by atoms with Gasteiger partial charge in [0.1, 0.15) is 5.82 Å². The van der Waals surface area contributed by atoms with Gasteiger partial charge in [-0.1, -0.05) is 12.1 Å². The molecule has 1 aliphatic rings. The van der Waals surface area contributed by atoms with E-state index < -0.39 is 5.82 Å². The first-order valence-corrected chi connectivity index (χ1v) is 7.62. The third-order valence-corrected chi connectivity index (χ3v) is 3.97. The number of carbonyl (C=O) groups excluding carboxylic acids is 1. The first-order valence-electron chi connectivity index (χ1n) is 7.62. The van der Waals surface area contributed by atoms with Gasteiger partial charge in [0.15, 0.2) is 0 Å². The van der Waals surface area contributed by atoms with Crippen molar-refractivity contribution in [2.24, 2.45) is 7.05 Å². The number of piperazine rings is 1. The molecule has 122 valence electrons. The first kappa shape index (κ1) is 15.5. The Morgan fingerprint density at radius 3 is 2.65 bits per heavy atom. The number of para-hydroxylation sites is 1. The van der Waals surface area contributed by atoms with Gasteiger partial charge in [0.25, 0.3) is 0 Å². The fraction of sp³-hybridized carbons (Fsp3) is 0.375. The smallest absolute Gasteiger partial charge is 0.238 e. The summed E-state index contributed by atoms with van der Waals surface area (Å²) in [6.07, 6.45) is 3.70. The van der Waals surface area contributed by atoms with Crippen LogP contribution in [0, 0.1) is 5.82 Å². The number of benzene rings is 1. The second-order valence-corrected chi connectivity index (χ2v) is 5.63. The molecule has 7 heteroatoms. The molecular weight excluding hydrogens is 297 g/mol. The Labute approximate surface area is 134 Å². The summed E-state index contributed by atoms with van der Waals surface area (Å²) in [4.78, 5) is 20.7. The van der Waals surface area contributed by atoms with Crippen LogP contribution < -0.4 is 10.2 Å². The van der Waals surface area contributed by atoms with Crippen molar-refractivity contribution in [2.75, 3.05) is 42.9 Å². The van der Waals surface area contributed by atoms with E-state index in [2.05, 4.69) is 20.1 Å². The summed E-state index contributed by atoms with van der Waals surface area (Å²) in [6.45, 7) is 3.45. The minimum Gasteiger partial charge on any atom is -0.340 e. The van der Waals surface area contributed by atoms with Crippen molar-refractivity contribution < 1.29 is 9.18 Å². The summed E-state index contributed by atoms with van der Waals surface area (Å²) in [5.74, 6) is 0.335. The van der Waals surface area contributed by atoms with Gasteiger partial charge in [-0.3, -0.25) is 9.69 Å². The number of hydrogen-bond donors (Lipinski definition) is 1. The molecule has 0 bridgehead atoms. The van der Waals surface area contributed by atoms with E-state index in [1.165, 1.54) is 6.07 Å². The zero-order valence-electron chi connectivity index (χ0n) is 13.1. The van der Waals surface area contributed by atoms with Gasteiger partial charge in [-0.15, -0.1) is 0 Å². The second-order valence-electron chi connectivity index (χ2n) is 5.63. The fourth-order valence-electron chi connectivity index (χ4n) is 2.72. The van der Waals surface area contributed by atoms with Crippen molar-refractivity contribution in [1.29, 1.82) is 0 Å². The number of imidazole rings is 1. The molecule has 0 atom stereocenters. The number of halogens is 1. The van der Waals surface area contributed by atoms with E-state index in [9.17, 15) is 9.18 Å². The van der Waals surface area contributed by atoms with E-state index in [1.54, 1.807) is 24.4 Å². The van der Waals surface area contributed by atoms with Crippen LogP contribution in [0.15, 0.2) is 36.7 Å². The molecule has 23 heavy (non-hydrogen) atoms. The highest BCUT2D eigenvalue weighted by molar-refractivity contribution is 5.92. The molecule has 2 aromatic rings. The number of anilines is 2. The van der Waals surface area contributed by atoms with Gasteiger partial charge in [0, 0.05) is 45.6 Å². The average Bonchev–Trinajstić information content (AvgIpc) is 2.96. The lowest BCUT2D eigenvalue weighted by molar-refractivity contribution is -0.117. The Morgan fingerprint density at radius 2 is 2.00 bits per heavy atom. The van der Waals surface area contributed by atoms with Gasteiger partial charge >= 0.3 is 0 Å². The molecule has 6 nitrogen and oxygen atoms in total. The SMILES string of the molecule is Cn1ccnc1N1CCN(CC(=O)Nc2ccccc2F)CC1. The molecule has 1 aliphatic heterocycles. The molecule has 1 saturated heterocycles. The minimum absolute atomic E-state index is 0.194. The molecule has 1 aromatic heterocycles. The lowest BCUT2D eigenvalue weighted by Crippen LogP contribution is -2.49. The number of rotatable bonds is 4. The predicted octanol–water partition coefficient (Wildman–Crippen LogP) is 1.32. The first-order chi connectivity index (χ1) is 11.1. The van der Waals surface area contributed by atoms with Crippen LogP contribution in [-0.2, 0) is 11.8 Å². The molecule has 0 saturated carbocycles. The standard InChI is InChI=1S/C16H20FN5O/c1-20-7-6-18-16(20)22-10-8-21(9-11-22)12-15(23)19-14-5-3-2-4-13(14)17/h2-7H,8-12H2,1H3,(H,19,23). The van der Waals surface area contributed by atoms with Crippen LogP contribution in [0.25, 0.3) is 0 Å². The van der Waals surface area contributed by atoms with Crippen LogP contribution in [0.3, 0.4) is 0 Å². The second kappa shape index (κ2) is 6.78. The molecule has 0 spiro atoms. The highest BCUT2D eigenvalue weighted by Gasteiger charge is 2.21. The van der Waals surface area contributed by atoms with Crippen molar-refractivity contribution in [3.8, 4) is 0 Å². The predicted molar refractivity (Wildman–Crippen MR) is 86.9 cm³/mol. The van der Waals surface area contributed by atoms with Crippen molar-refractivity contribution in [2.45, 2.75) is 0 Å². The molecule has 1 aromatic carbocycles. The number of hydrogen-bond acceptors (Lipinski definition) is 4. The van der Waals surface area contributed by atoms with E-state index in [4.69, 9.17) is 0 Å². The number of nitrogens with one attached hydrogen (secondary N) is 1. The van der Waals surface area contributed by atoms with Gasteiger partial charge in [0.2, 0.25) is 11.9 Å². The zero-order chi connectivity index (χ0) is 16.2. The Kier molecular flexibility index (Phi) is 4.57. The number of nitrogens with zero attached hydrogens (tertiary/aromatic N) is 4. The van der Waals surface area contributed by atoms with E-state index in [-0.39, 0.29) is 18.1 Å². The molecular formula is C16H20FN5O. The van der Waals surface area contributed by atoms with Gasteiger partial charge in [-0.2, -0.15) is 0 Å². The summed E-state index contributed by atoms with van der Waals surface area (Å²) in [5.41, 5.74) is 0.226. The number of aromatic nitrogens is 2. The van der Waals surface area contributed by atoms with Crippen LogP contribution in [0.5, 0.6) is 0 Å². The lowest BCUT2D eigenvalue weighted by Gasteiger charge is -2.34. The van der Waals surface area contributed by atoms with Crippen molar-refractivity contribution in [1.82, 2.24) is 14.5 Å². The van der Waals surface area contributed by atoms with Gasteiger partial charge in [0.05, 0.1) is 12.2 Å². The van der Waals surface area contributed by atoms with Gasteiger partial charge < -0.3 is 14.8 Å². The summed E-state index contributed by atoms with van der Waals surface area (Å²) in [7, 11) is 1.97. The van der Waals surface area contributed by atoms with Crippen LogP contribution >= 0.6 is 0 Å². The summed E-state index contributed by atoms with van der Waals surface area (Å²) < 4.78 is 15.5. The molecule has 0 radical (unpaired) electrons. The van der Waals surface area contributed by atoms with Gasteiger partial charge in [-0.25, -0.2) is 9.37 Å². The molecule has 1 amide bonds. The van der Waals surface area contributed by atoms with Crippen LogP contribution in [0.4, 0.5) is 16.0 Å². The number of amides is 1. The van der Waals surface area contributed by atoms with E-state index in [0.29, 0.717) is 0 Å². The van der Waals surface area contributed by atoms with Crippen LogP contribution in [0.1, 0.15) is 0 Å². The molecule has 0 aliphatic carbocycles. The van der Waals surface area contributed by atoms with Crippen LogP contribution in [-0.4, -0.2) is 53.1 Å². The van der Waals surface area contributed by atoms with E-state index in [0.717, 1.165) is 32.1 Å². The molecule has 1 fully saturated rings. The summed E-state index contributed by atoms with van der Waals surface area (Å²) >= 11 is 0. The third-order valence-electron chi connectivity index (χ3n) is 3.97. The maximum atomic E-state index is 13.5. The van der Waals surface area contributed by atoms with Crippen molar-refractivity contribution >= 4 is 17.5 Å². The van der Waals surface area contributed by atoms with E-state index >= 15 is 0 Å². The quantitative estimate of drug-likeness (QED) is 0.924. The molecule has 2 heterocycles. The summed E-state index contributed by atoms with van der Waals surface area (Å²) in [6, 6.07) is 6.19. The normalized spacial score (nSPS) is 15.7. The van der Waals surface area contributed by atoms with E-state index in [1.807, 2.05) is 17.8 Å². The Morgan fingerprint density at radius 1 is 1.26 bits per heavy atom. The maximum absolute atomic E-state index is 13.5. The Hall–Kier alpha value is -2.41. The molecule has 0 unspecified atom stereocenters. The topological polar surface area (TPSA) is 53.4 Å². The maximum Gasteiger partial charge on any atom is 0.238 e. The Balaban J connectivity index is 1.50. The average molecular weight is 317 g/mol. The third kappa shape index (κ3) is 3.68. The van der Waals surface area contributed by atoms with Crippen LogP contribution in [0.2, 0.25) is 0 Å². The largest absolute Gasteiger partial charge is 0.340 e. The molecule has 3 rings (SSSR count). The number of aryl methyl sites for hydroxylation is 1. The lowest BCUT2D eigenvalue weighted by atomic mass is 10.3. The van der Waals surface area contributed by atoms with Crippen molar-refractivity contribution in [3.05, 3.63) is 42.5 Å². The fourth-order valence-corrected chi connectivity index (χ4v) is 2.72. The Bertz CT molecular complexity index is 679.